The molecule has 1 spiro atoms. The standard InChI is InChI=1S/C29H33FN2O4S2/c1-31(38(35,36)26-7-3-2-4-8-26)21-24(23-11-13-25(30)14-12-23)15-18-32-19-16-29(17-20-32)22-37(33,34)28-10-6-5-9-27(28)29/h2-14,24H,15-22H2,1H3/t24-/m1/s1. The highest BCUT2D eigenvalue weighted by Crippen LogP contribution is 2.46. The molecule has 0 amide bonds. The lowest BCUT2D eigenvalue weighted by Gasteiger charge is -2.39. The predicted octanol–water partition coefficient (Wildman–Crippen LogP) is 4.44. The molecule has 1 fully saturated rings. The molecule has 0 bridgehead atoms. The maximum Gasteiger partial charge on any atom is 0.242 e. The third-order valence-electron chi connectivity index (χ3n) is 8.14. The monoisotopic (exact) mass is 556 g/mol. The zero-order valence-corrected chi connectivity index (χ0v) is 23.1. The summed E-state index contributed by atoms with van der Waals surface area (Å²) in [5.41, 5.74) is 1.52. The van der Waals surface area contributed by atoms with Gasteiger partial charge in [0.05, 0.1) is 15.5 Å². The van der Waals surface area contributed by atoms with Gasteiger partial charge in [-0.15, -0.1) is 0 Å². The van der Waals surface area contributed by atoms with Crippen molar-refractivity contribution in [3.05, 3.63) is 95.8 Å². The van der Waals surface area contributed by atoms with Crippen LogP contribution in [0, 0.1) is 5.82 Å². The van der Waals surface area contributed by atoms with Crippen molar-refractivity contribution in [3.63, 3.8) is 0 Å². The number of rotatable bonds is 8. The van der Waals surface area contributed by atoms with E-state index in [1.807, 2.05) is 12.1 Å². The van der Waals surface area contributed by atoms with Crippen molar-refractivity contribution in [2.24, 2.45) is 0 Å². The molecule has 38 heavy (non-hydrogen) atoms. The van der Waals surface area contributed by atoms with E-state index in [1.165, 1.54) is 16.4 Å². The van der Waals surface area contributed by atoms with Gasteiger partial charge in [0, 0.05) is 19.0 Å². The van der Waals surface area contributed by atoms with Crippen LogP contribution in [0.25, 0.3) is 0 Å². The van der Waals surface area contributed by atoms with Gasteiger partial charge in [0.15, 0.2) is 9.84 Å². The number of sulfone groups is 1. The molecule has 202 valence electrons. The number of benzene rings is 3. The van der Waals surface area contributed by atoms with Gasteiger partial charge in [0.25, 0.3) is 0 Å². The lowest BCUT2D eigenvalue weighted by atomic mass is 9.74. The van der Waals surface area contributed by atoms with Crippen LogP contribution >= 0.6 is 0 Å². The number of piperidine rings is 1. The number of likely N-dealkylation sites (tertiary alicyclic amines) is 1. The second-order valence-electron chi connectivity index (χ2n) is 10.5. The maximum atomic E-state index is 13.6. The predicted molar refractivity (Wildman–Crippen MR) is 146 cm³/mol. The van der Waals surface area contributed by atoms with Gasteiger partial charge < -0.3 is 4.90 Å². The molecule has 0 aliphatic carbocycles. The van der Waals surface area contributed by atoms with Crippen LogP contribution in [0.15, 0.2) is 88.7 Å². The highest BCUT2D eigenvalue weighted by atomic mass is 32.2. The van der Waals surface area contributed by atoms with Crippen molar-refractivity contribution in [2.45, 2.75) is 40.4 Å². The Morgan fingerprint density at radius 3 is 2.26 bits per heavy atom. The Labute approximate surface area is 225 Å². The van der Waals surface area contributed by atoms with Gasteiger partial charge in [0.2, 0.25) is 10.0 Å². The molecule has 3 aromatic carbocycles. The Bertz CT molecular complexity index is 1490. The third-order valence-corrected chi connectivity index (χ3v) is 11.9. The fraction of sp³-hybridized carbons (Fsp3) is 0.379. The van der Waals surface area contributed by atoms with Crippen LogP contribution in [0.1, 0.15) is 36.3 Å². The summed E-state index contributed by atoms with van der Waals surface area (Å²) in [6, 6.07) is 22.0. The summed E-state index contributed by atoms with van der Waals surface area (Å²) in [7, 11) is -5.33. The first-order valence-electron chi connectivity index (χ1n) is 12.9. The summed E-state index contributed by atoms with van der Waals surface area (Å²) in [5.74, 6) is -0.276. The SMILES string of the molecule is CN(C[C@@H](CCN1CCC2(CC1)CS(=O)(=O)c1ccccc12)c1ccc(F)cc1)S(=O)(=O)c1ccccc1. The molecular formula is C29H33FN2O4S2. The van der Waals surface area contributed by atoms with Crippen molar-refractivity contribution in [1.82, 2.24) is 9.21 Å². The van der Waals surface area contributed by atoms with E-state index in [0.29, 0.717) is 11.3 Å². The average Bonchev–Trinajstić information content (AvgIpc) is 3.14. The Morgan fingerprint density at radius 1 is 0.947 bits per heavy atom. The van der Waals surface area contributed by atoms with Crippen LogP contribution in [0.2, 0.25) is 0 Å². The minimum atomic E-state index is -3.66. The zero-order chi connectivity index (χ0) is 27.0. The third kappa shape index (κ3) is 5.30. The maximum absolute atomic E-state index is 13.6. The van der Waals surface area contributed by atoms with E-state index in [9.17, 15) is 21.2 Å². The Balaban J connectivity index is 1.28. The van der Waals surface area contributed by atoms with Crippen molar-refractivity contribution in [1.29, 1.82) is 0 Å². The fourth-order valence-electron chi connectivity index (χ4n) is 5.93. The Morgan fingerprint density at radius 2 is 1.58 bits per heavy atom. The summed E-state index contributed by atoms with van der Waals surface area (Å²) in [5, 5.41) is 0. The van der Waals surface area contributed by atoms with E-state index in [0.717, 1.165) is 43.6 Å². The number of halogens is 1. The fourth-order valence-corrected chi connectivity index (χ4v) is 9.40. The van der Waals surface area contributed by atoms with Crippen LogP contribution in [0.4, 0.5) is 4.39 Å². The molecule has 0 unspecified atom stereocenters. The van der Waals surface area contributed by atoms with E-state index >= 15 is 0 Å². The molecule has 3 aromatic rings. The molecule has 2 aliphatic heterocycles. The largest absolute Gasteiger partial charge is 0.303 e. The molecule has 1 saturated heterocycles. The van der Waals surface area contributed by atoms with Gasteiger partial charge >= 0.3 is 0 Å². The molecule has 9 heteroatoms. The number of sulfonamides is 1. The van der Waals surface area contributed by atoms with E-state index < -0.39 is 19.9 Å². The minimum absolute atomic E-state index is 0.123. The number of hydrogen-bond donors (Lipinski definition) is 0. The van der Waals surface area contributed by atoms with Crippen molar-refractivity contribution in [3.8, 4) is 0 Å². The molecular weight excluding hydrogens is 523 g/mol. The summed E-state index contributed by atoms with van der Waals surface area (Å²) < 4.78 is 66.9. The van der Waals surface area contributed by atoms with Crippen LogP contribution in [0.5, 0.6) is 0 Å². The number of likely N-dealkylation sites (N-methyl/N-ethyl adjacent to an activating group) is 1. The number of fused-ring (bicyclic) bond motifs is 2. The molecule has 5 rings (SSSR count). The first-order valence-corrected chi connectivity index (χ1v) is 16.0. The van der Waals surface area contributed by atoms with Crippen LogP contribution in [-0.2, 0) is 25.3 Å². The number of nitrogens with zero attached hydrogens (tertiary/aromatic N) is 2. The van der Waals surface area contributed by atoms with Crippen LogP contribution in [0.3, 0.4) is 0 Å². The van der Waals surface area contributed by atoms with Gasteiger partial charge in [-0.3, -0.25) is 0 Å². The summed E-state index contributed by atoms with van der Waals surface area (Å²) >= 11 is 0. The quantitative estimate of drug-likeness (QED) is 0.410. The summed E-state index contributed by atoms with van der Waals surface area (Å²) in [6.07, 6.45) is 2.24. The first-order chi connectivity index (χ1) is 18.1. The minimum Gasteiger partial charge on any atom is -0.303 e. The smallest absolute Gasteiger partial charge is 0.242 e. The van der Waals surface area contributed by atoms with Crippen molar-refractivity contribution in [2.75, 3.05) is 39.0 Å². The topological polar surface area (TPSA) is 74.8 Å². The van der Waals surface area contributed by atoms with E-state index in [4.69, 9.17) is 0 Å². The average molecular weight is 557 g/mol. The highest BCUT2D eigenvalue weighted by molar-refractivity contribution is 7.91. The Kier molecular flexibility index (Phi) is 7.48. The lowest BCUT2D eigenvalue weighted by Crippen LogP contribution is -2.44. The Hall–Kier alpha value is -2.59. The zero-order valence-electron chi connectivity index (χ0n) is 21.5. The van der Waals surface area contributed by atoms with Crippen molar-refractivity contribution >= 4 is 19.9 Å². The molecule has 0 N–H and O–H groups in total. The van der Waals surface area contributed by atoms with E-state index in [2.05, 4.69) is 4.90 Å². The van der Waals surface area contributed by atoms with Crippen LogP contribution in [-0.4, -0.2) is 65.0 Å². The first kappa shape index (κ1) is 27.0. The van der Waals surface area contributed by atoms with E-state index in [-0.39, 0.29) is 34.3 Å². The molecule has 0 aromatic heterocycles. The molecule has 0 saturated carbocycles. The highest BCUT2D eigenvalue weighted by Gasteiger charge is 2.48. The second kappa shape index (κ2) is 10.5. The van der Waals surface area contributed by atoms with Crippen molar-refractivity contribution < 1.29 is 21.2 Å². The molecule has 0 radical (unpaired) electrons. The normalized spacial score (nSPS) is 19.4. The number of hydrogen-bond acceptors (Lipinski definition) is 5. The van der Waals surface area contributed by atoms with Crippen LogP contribution < -0.4 is 0 Å². The molecule has 6 nitrogen and oxygen atoms in total. The van der Waals surface area contributed by atoms with Gasteiger partial charge in [-0.05, 0) is 86.3 Å². The molecule has 2 heterocycles. The molecule has 2 aliphatic rings. The second-order valence-corrected chi connectivity index (χ2v) is 14.5. The summed E-state index contributed by atoms with van der Waals surface area (Å²) in [4.78, 5) is 3.06. The van der Waals surface area contributed by atoms with Gasteiger partial charge in [0.1, 0.15) is 5.82 Å². The van der Waals surface area contributed by atoms with Gasteiger partial charge in [-0.1, -0.05) is 48.5 Å². The lowest BCUT2D eigenvalue weighted by molar-refractivity contribution is 0.165. The molecule has 1 atom stereocenters. The van der Waals surface area contributed by atoms with Gasteiger partial charge in [-0.2, -0.15) is 0 Å². The van der Waals surface area contributed by atoms with E-state index in [1.54, 1.807) is 61.6 Å². The summed E-state index contributed by atoms with van der Waals surface area (Å²) in [6.45, 7) is 2.56. The van der Waals surface area contributed by atoms with Gasteiger partial charge in [-0.25, -0.2) is 25.5 Å².